The van der Waals surface area contributed by atoms with Crippen molar-refractivity contribution in [3.63, 3.8) is 0 Å². The Balaban J connectivity index is 1.77. The van der Waals surface area contributed by atoms with Gasteiger partial charge in [0, 0.05) is 0 Å². The van der Waals surface area contributed by atoms with Crippen molar-refractivity contribution in [3.05, 3.63) is 130 Å². The third kappa shape index (κ3) is 4.17. The molecule has 0 unspecified atom stereocenters. The Bertz CT molecular complexity index is 1680. The molecular weight excluding hydrogens is 604 g/mol. The molecule has 6 rings (SSSR count). The van der Waals surface area contributed by atoms with Gasteiger partial charge in [0.05, 0.1) is 10.9 Å². The summed E-state index contributed by atoms with van der Waals surface area (Å²) in [6, 6.07) is 13.0. The minimum absolute atomic E-state index is 0.230. The van der Waals surface area contributed by atoms with Crippen LogP contribution in [0.5, 0.6) is 0 Å². The van der Waals surface area contributed by atoms with Gasteiger partial charge >= 0.3 is 25.4 Å². The first kappa shape index (κ1) is 28.3. The van der Waals surface area contributed by atoms with Crippen LogP contribution in [0.2, 0.25) is 0 Å². The van der Waals surface area contributed by atoms with Crippen LogP contribution in [0.15, 0.2) is 60.7 Å². The third-order valence-corrected chi connectivity index (χ3v) is 6.62. The molecular formula is C26H10B2F10O5. The van der Waals surface area contributed by atoms with Crippen molar-refractivity contribution in [2.75, 3.05) is 0 Å². The minimum Gasteiger partial charge on any atom is -0.558 e. The normalized spacial score (nSPS) is 21.1. The fourth-order valence-electron chi connectivity index (χ4n) is 4.67. The van der Waals surface area contributed by atoms with Gasteiger partial charge in [0.2, 0.25) is 0 Å². The molecule has 4 aromatic rings. The Morgan fingerprint density at radius 2 is 0.674 bits per heavy atom. The summed E-state index contributed by atoms with van der Waals surface area (Å²) >= 11 is 0. The van der Waals surface area contributed by atoms with Crippen LogP contribution in [0, 0.1) is 58.2 Å². The van der Waals surface area contributed by atoms with Crippen LogP contribution in [-0.2, 0) is 13.9 Å². The van der Waals surface area contributed by atoms with Crippen LogP contribution >= 0.6 is 0 Å². The molecule has 0 spiro atoms. The average Bonchev–Trinajstić information content (AvgIpc) is 3.01. The van der Waals surface area contributed by atoms with Gasteiger partial charge in [-0.15, -0.1) is 0 Å². The van der Waals surface area contributed by atoms with Gasteiger partial charge in [0.25, 0.3) is 0 Å². The first-order valence-electron chi connectivity index (χ1n) is 12.0. The van der Waals surface area contributed by atoms with Crippen molar-refractivity contribution in [3.8, 4) is 0 Å². The van der Waals surface area contributed by atoms with Gasteiger partial charge in [-0.1, -0.05) is 36.4 Å². The molecule has 0 saturated heterocycles. The highest BCUT2D eigenvalue weighted by Crippen LogP contribution is 2.35. The first-order chi connectivity index (χ1) is 20.4. The van der Waals surface area contributed by atoms with E-state index in [-0.39, 0.29) is 11.1 Å². The number of hydrogen-bond acceptors (Lipinski definition) is 3. The maximum absolute atomic E-state index is 15.3. The molecule has 2 bridgehead atoms. The van der Waals surface area contributed by atoms with Crippen LogP contribution in [0.25, 0.3) is 0 Å². The molecule has 0 fully saturated rings. The van der Waals surface area contributed by atoms with E-state index < -0.39 is 94.5 Å². The van der Waals surface area contributed by atoms with Crippen LogP contribution < -0.4 is 10.9 Å². The Kier molecular flexibility index (Phi) is 6.52. The predicted molar refractivity (Wildman–Crippen MR) is 128 cm³/mol. The van der Waals surface area contributed by atoms with E-state index >= 15 is 17.6 Å². The molecule has 4 aromatic carbocycles. The number of benzene rings is 4. The van der Waals surface area contributed by atoms with E-state index in [2.05, 4.69) is 0 Å². The van der Waals surface area contributed by atoms with E-state index in [1.165, 1.54) is 60.7 Å². The fraction of sp³-hybridized carbons (Fsp3) is 0. The largest absolute Gasteiger partial charge is 0.755 e. The molecule has 220 valence electrons. The maximum atomic E-state index is 15.3. The van der Waals surface area contributed by atoms with E-state index in [9.17, 15) is 26.3 Å². The molecule has 43 heavy (non-hydrogen) atoms. The zero-order valence-electron chi connectivity index (χ0n) is 20.7. The van der Waals surface area contributed by atoms with Gasteiger partial charge in [-0.25, -0.2) is 43.9 Å². The lowest BCUT2D eigenvalue weighted by Gasteiger charge is -2.43. The second-order valence-corrected chi connectivity index (χ2v) is 9.17. The number of carbonyl (C=O) groups excluding carboxylic acids is 2. The van der Waals surface area contributed by atoms with Crippen LogP contribution in [0.3, 0.4) is 0 Å². The van der Waals surface area contributed by atoms with Crippen LogP contribution in [-0.4, -0.2) is 25.4 Å². The van der Waals surface area contributed by atoms with E-state index in [0.29, 0.717) is 0 Å². The predicted octanol–water partition coefficient (Wildman–Crippen LogP) is 4.90. The summed E-state index contributed by atoms with van der Waals surface area (Å²) in [5.74, 6) is -27.5. The van der Waals surface area contributed by atoms with Crippen molar-refractivity contribution < 1.29 is 66.5 Å². The van der Waals surface area contributed by atoms with Crippen molar-refractivity contribution in [1.82, 2.24) is 0 Å². The third-order valence-electron chi connectivity index (χ3n) is 6.62. The first-order valence-corrected chi connectivity index (χ1v) is 12.0. The van der Waals surface area contributed by atoms with Crippen molar-refractivity contribution >= 4 is 36.4 Å². The maximum Gasteiger partial charge on any atom is 0.755 e. The molecule has 0 saturated carbocycles. The standard InChI is InChI=1S/C26H10B2F10O5/c29-15-13(16(30)20(34)23(37)19(15)33)27-39-25(11-7-3-1-4-8-11)40-28(43-27,42-26(41-27)12-9-5-2-6-10-12)14-17(31)21(35)24(38)22(36)18(14)32/h1-10H/t27-,28+. The van der Waals surface area contributed by atoms with Gasteiger partial charge < -0.3 is 22.6 Å². The number of rotatable bonds is 4. The van der Waals surface area contributed by atoms with Gasteiger partial charge in [-0.2, -0.15) is 0 Å². The van der Waals surface area contributed by atoms with Gasteiger partial charge in [0.15, 0.2) is 34.9 Å². The quantitative estimate of drug-likeness (QED) is 0.108. The molecule has 5 nitrogen and oxygen atoms in total. The molecule has 0 N–H and O–H groups in total. The average molecular weight is 614 g/mol. The Morgan fingerprint density at radius 3 is 0.977 bits per heavy atom. The van der Waals surface area contributed by atoms with E-state index in [1.807, 2.05) is 0 Å². The van der Waals surface area contributed by atoms with Crippen LogP contribution in [0.4, 0.5) is 43.9 Å². The summed E-state index contributed by atoms with van der Waals surface area (Å²) in [6.07, 6.45) is 0. The second kappa shape index (κ2) is 9.90. The Labute approximate surface area is 233 Å². The molecule has 0 radical (unpaired) electrons. The highest BCUT2D eigenvalue weighted by Gasteiger charge is 2.73. The zero-order chi connectivity index (χ0) is 30.8. The summed E-state index contributed by atoms with van der Waals surface area (Å²) in [4.78, 5) is 0. The van der Waals surface area contributed by atoms with Crippen molar-refractivity contribution in [2.24, 2.45) is 0 Å². The molecule has 0 amide bonds. The van der Waals surface area contributed by atoms with Crippen LogP contribution in [0.1, 0.15) is 19.8 Å². The SMILES string of the molecule is Fc1c(F)c(F)c([B@@-]23OC(c4ccccc4)=[O+][B@@-](c4c(F)c(F)c(F)c(F)c4F)(OC(c4ccccc4)=[O+]2)O3)c(F)c1F. The summed E-state index contributed by atoms with van der Waals surface area (Å²) in [5.41, 5.74) is -4.35. The molecule has 2 atom stereocenters. The summed E-state index contributed by atoms with van der Waals surface area (Å²) in [5, 5.41) is 0. The lowest BCUT2D eigenvalue weighted by Crippen LogP contribution is -2.75. The summed E-state index contributed by atoms with van der Waals surface area (Å²) < 4.78 is 174. The lowest BCUT2D eigenvalue weighted by atomic mass is 9.58. The van der Waals surface area contributed by atoms with E-state index in [4.69, 9.17) is 22.6 Å². The zero-order valence-corrected chi connectivity index (χ0v) is 20.7. The topological polar surface area (TPSA) is 50.3 Å². The van der Waals surface area contributed by atoms with Gasteiger partial charge in [0.1, 0.15) is 34.4 Å². The fourth-order valence-corrected chi connectivity index (χ4v) is 4.67. The number of hydrogen-bond donors (Lipinski definition) is 0. The summed E-state index contributed by atoms with van der Waals surface area (Å²) in [7, 11) is 0. The lowest BCUT2D eigenvalue weighted by molar-refractivity contribution is -0.264. The van der Waals surface area contributed by atoms with Crippen molar-refractivity contribution in [1.29, 1.82) is 0 Å². The van der Waals surface area contributed by atoms with E-state index in [0.717, 1.165) is 0 Å². The second-order valence-electron chi connectivity index (χ2n) is 9.17. The molecule has 2 aliphatic rings. The van der Waals surface area contributed by atoms with Crippen molar-refractivity contribution in [2.45, 2.75) is 0 Å². The Hall–Kier alpha value is -4.79. The highest BCUT2D eigenvalue weighted by atomic mass is 19.2. The molecule has 2 heterocycles. The highest BCUT2D eigenvalue weighted by molar-refractivity contribution is 6.90. The minimum atomic E-state index is -4.71. The van der Waals surface area contributed by atoms with E-state index in [1.54, 1.807) is 0 Å². The number of fused-ring (bicyclic) bond motifs is 2. The Morgan fingerprint density at radius 1 is 0.395 bits per heavy atom. The molecule has 17 heteroatoms. The smallest absolute Gasteiger partial charge is 0.558 e. The van der Waals surface area contributed by atoms with Gasteiger partial charge in [-0.05, 0) is 24.3 Å². The molecule has 2 aliphatic heterocycles. The number of halogens is 10. The molecule has 0 aromatic heterocycles. The molecule has 0 aliphatic carbocycles. The summed E-state index contributed by atoms with van der Waals surface area (Å²) in [6.45, 7) is -9.43. The van der Waals surface area contributed by atoms with Gasteiger partial charge in [-0.3, -0.25) is 0 Å². The monoisotopic (exact) mass is 614 g/mol.